The van der Waals surface area contributed by atoms with Crippen LogP contribution in [0.25, 0.3) is 0 Å². The average Bonchev–Trinajstić information content (AvgIpc) is 2.41. The minimum Gasteiger partial charge on any atom is -0.310 e. The lowest BCUT2D eigenvalue weighted by molar-refractivity contribution is -0.120. The number of hydrogen-bond donors (Lipinski definition) is 1. The molecule has 19 heavy (non-hydrogen) atoms. The molecule has 1 heterocycles. The van der Waals surface area contributed by atoms with Crippen molar-refractivity contribution in [1.82, 2.24) is 4.98 Å². The molecule has 1 rings (SSSR count). The maximum Gasteiger partial charge on any atom is 0.228 e. The molecule has 3 heteroatoms. The minimum atomic E-state index is 0.110. The number of nitrogens with zero attached hydrogens (tertiary/aromatic N) is 1. The van der Waals surface area contributed by atoms with Crippen molar-refractivity contribution in [2.45, 2.75) is 59.3 Å². The van der Waals surface area contributed by atoms with E-state index in [0.29, 0.717) is 5.82 Å². The van der Waals surface area contributed by atoms with Crippen molar-refractivity contribution in [2.24, 2.45) is 5.92 Å². The van der Waals surface area contributed by atoms with E-state index >= 15 is 0 Å². The Hall–Kier alpha value is -1.38. The molecule has 0 aliphatic heterocycles. The standard InChI is InChI=1S/C16H26N2O/c1-4-6-7-8-11-14(5-2)16(19)18-15-13(3)10-9-12-17-15/h9-10,12,14H,4-8,11H2,1-3H3,(H,17,18,19). The van der Waals surface area contributed by atoms with Crippen molar-refractivity contribution in [2.75, 3.05) is 5.32 Å². The van der Waals surface area contributed by atoms with Crippen LogP contribution in [0.4, 0.5) is 5.82 Å². The summed E-state index contributed by atoms with van der Waals surface area (Å²) in [4.78, 5) is 16.4. The Morgan fingerprint density at radius 3 is 2.74 bits per heavy atom. The summed E-state index contributed by atoms with van der Waals surface area (Å²) in [6.45, 7) is 6.24. The first-order chi connectivity index (χ1) is 9.19. The van der Waals surface area contributed by atoms with Crippen LogP contribution < -0.4 is 5.32 Å². The summed E-state index contributed by atoms with van der Waals surface area (Å²) in [5.74, 6) is 0.915. The van der Waals surface area contributed by atoms with E-state index in [1.54, 1.807) is 6.20 Å². The van der Waals surface area contributed by atoms with Crippen LogP contribution in [0.15, 0.2) is 18.3 Å². The highest BCUT2D eigenvalue weighted by Crippen LogP contribution is 2.17. The van der Waals surface area contributed by atoms with Crippen LogP contribution >= 0.6 is 0 Å². The fourth-order valence-electron chi connectivity index (χ4n) is 2.17. The first kappa shape index (κ1) is 15.7. The maximum absolute atomic E-state index is 12.2. The zero-order valence-electron chi connectivity index (χ0n) is 12.4. The Bertz CT molecular complexity index is 390. The van der Waals surface area contributed by atoms with Crippen LogP contribution in [0.2, 0.25) is 0 Å². The first-order valence-corrected chi connectivity index (χ1v) is 7.41. The van der Waals surface area contributed by atoms with E-state index in [1.807, 2.05) is 19.1 Å². The summed E-state index contributed by atoms with van der Waals surface area (Å²) in [6.07, 6.45) is 8.44. The molecule has 0 spiro atoms. The van der Waals surface area contributed by atoms with Gasteiger partial charge in [0.15, 0.2) is 0 Å². The van der Waals surface area contributed by atoms with Crippen LogP contribution in [0.5, 0.6) is 0 Å². The van der Waals surface area contributed by atoms with Crippen molar-refractivity contribution in [3.8, 4) is 0 Å². The highest BCUT2D eigenvalue weighted by atomic mass is 16.1. The topological polar surface area (TPSA) is 42.0 Å². The smallest absolute Gasteiger partial charge is 0.228 e. The summed E-state index contributed by atoms with van der Waals surface area (Å²) in [6, 6.07) is 3.85. The SMILES string of the molecule is CCCCCCC(CC)C(=O)Nc1ncccc1C. The molecule has 106 valence electrons. The number of rotatable bonds is 8. The number of aryl methyl sites for hydroxylation is 1. The van der Waals surface area contributed by atoms with Crippen molar-refractivity contribution in [1.29, 1.82) is 0 Å². The zero-order chi connectivity index (χ0) is 14.1. The summed E-state index contributed by atoms with van der Waals surface area (Å²) in [7, 11) is 0. The largest absolute Gasteiger partial charge is 0.310 e. The number of anilines is 1. The summed E-state index contributed by atoms with van der Waals surface area (Å²) in [5, 5.41) is 2.95. The summed E-state index contributed by atoms with van der Waals surface area (Å²) >= 11 is 0. The normalized spacial score (nSPS) is 12.2. The molecule has 0 aliphatic carbocycles. The molecule has 1 aromatic rings. The van der Waals surface area contributed by atoms with Gasteiger partial charge in [0.1, 0.15) is 5.82 Å². The van der Waals surface area contributed by atoms with Crippen molar-refractivity contribution in [3.63, 3.8) is 0 Å². The molecule has 0 fully saturated rings. The molecular formula is C16H26N2O. The number of aromatic nitrogens is 1. The van der Waals surface area contributed by atoms with E-state index in [4.69, 9.17) is 0 Å². The van der Waals surface area contributed by atoms with Gasteiger partial charge in [-0.15, -0.1) is 0 Å². The van der Waals surface area contributed by atoms with E-state index in [1.165, 1.54) is 19.3 Å². The highest BCUT2D eigenvalue weighted by molar-refractivity contribution is 5.92. The molecule has 0 saturated heterocycles. The minimum absolute atomic E-state index is 0.110. The number of carbonyl (C=O) groups excluding carboxylic acids is 1. The molecule has 1 N–H and O–H groups in total. The number of nitrogens with one attached hydrogen (secondary N) is 1. The van der Waals surface area contributed by atoms with Crippen molar-refractivity contribution in [3.05, 3.63) is 23.9 Å². The lowest BCUT2D eigenvalue weighted by Gasteiger charge is -2.15. The Labute approximate surface area is 116 Å². The number of pyridine rings is 1. The van der Waals surface area contributed by atoms with Gasteiger partial charge in [0.2, 0.25) is 5.91 Å². The Balaban J connectivity index is 2.47. The quantitative estimate of drug-likeness (QED) is 0.709. The van der Waals surface area contributed by atoms with Gasteiger partial charge < -0.3 is 5.32 Å². The lowest BCUT2D eigenvalue weighted by atomic mass is 9.97. The molecule has 0 aliphatic rings. The van der Waals surface area contributed by atoms with Crippen molar-refractivity contribution >= 4 is 11.7 Å². The molecule has 1 aromatic heterocycles. The van der Waals surface area contributed by atoms with Gasteiger partial charge in [-0.3, -0.25) is 4.79 Å². The Morgan fingerprint density at radius 1 is 1.32 bits per heavy atom. The number of amides is 1. The third-order valence-electron chi connectivity index (χ3n) is 3.52. The molecule has 1 atom stereocenters. The molecule has 0 radical (unpaired) electrons. The molecule has 1 amide bonds. The van der Waals surface area contributed by atoms with Gasteiger partial charge in [0.25, 0.3) is 0 Å². The van der Waals surface area contributed by atoms with E-state index in [0.717, 1.165) is 24.8 Å². The average molecular weight is 262 g/mol. The molecule has 1 unspecified atom stereocenters. The van der Waals surface area contributed by atoms with Crippen molar-refractivity contribution < 1.29 is 4.79 Å². The zero-order valence-corrected chi connectivity index (χ0v) is 12.4. The second-order valence-electron chi connectivity index (χ2n) is 5.11. The van der Waals surface area contributed by atoms with E-state index in [2.05, 4.69) is 24.1 Å². The fraction of sp³-hybridized carbons (Fsp3) is 0.625. The summed E-state index contributed by atoms with van der Waals surface area (Å²) in [5.41, 5.74) is 1.01. The highest BCUT2D eigenvalue weighted by Gasteiger charge is 2.16. The van der Waals surface area contributed by atoms with E-state index < -0.39 is 0 Å². The number of carbonyl (C=O) groups is 1. The second kappa shape index (κ2) is 8.68. The van der Waals surface area contributed by atoms with Gasteiger partial charge in [0, 0.05) is 12.1 Å². The Kier molecular flexibility index (Phi) is 7.16. The van der Waals surface area contributed by atoms with Crippen LogP contribution in [0.1, 0.15) is 57.9 Å². The molecular weight excluding hydrogens is 236 g/mol. The number of hydrogen-bond acceptors (Lipinski definition) is 2. The third kappa shape index (κ3) is 5.41. The van der Waals surface area contributed by atoms with Gasteiger partial charge in [-0.2, -0.15) is 0 Å². The third-order valence-corrected chi connectivity index (χ3v) is 3.52. The lowest BCUT2D eigenvalue weighted by Crippen LogP contribution is -2.23. The van der Waals surface area contributed by atoms with Crippen LogP contribution in [0, 0.1) is 12.8 Å². The fourth-order valence-corrected chi connectivity index (χ4v) is 2.17. The Morgan fingerprint density at radius 2 is 2.11 bits per heavy atom. The van der Waals surface area contributed by atoms with Crippen LogP contribution in [-0.4, -0.2) is 10.9 Å². The summed E-state index contributed by atoms with van der Waals surface area (Å²) < 4.78 is 0. The van der Waals surface area contributed by atoms with Gasteiger partial charge in [-0.05, 0) is 31.4 Å². The van der Waals surface area contributed by atoms with Gasteiger partial charge in [-0.25, -0.2) is 4.98 Å². The molecule has 0 saturated carbocycles. The van der Waals surface area contributed by atoms with Gasteiger partial charge in [-0.1, -0.05) is 45.6 Å². The first-order valence-electron chi connectivity index (χ1n) is 7.41. The molecule has 3 nitrogen and oxygen atoms in total. The van der Waals surface area contributed by atoms with Crippen LogP contribution in [0.3, 0.4) is 0 Å². The second-order valence-corrected chi connectivity index (χ2v) is 5.11. The predicted molar refractivity (Wildman–Crippen MR) is 80.1 cm³/mol. The van der Waals surface area contributed by atoms with Gasteiger partial charge >= 0.3 is 0 Å². The monoisotopic (exact) mass is 262 g/mol. The van der Waals surface area contributed by atoms with E-state index in [9.17, 15) is 4.79 Å². The maximum atomic E-state index is 12.2. The van der Waals surface area contributed by atoms with Crippen LogP contribution in [-0.2, 0) is 4.79 Å². The van der Waals surface area contributed by atoms with E-state index in [-0.39, 0.29) is 11.8 Å². The molecule has 0 bridgehead atoms. The number of unbranched alkanes of at least 4 members (excludes halogenated alkanes) is 3. The molecule has 0 aromatic carbocycles. The van der Waals surface area contributed by atoms with Gasteiger partial charge in [0.05, 0.1) is 0 Å². The predicted octanol–water partition coefficient (Wildman–Crippen LogP) is 4.33.